The number of phosphoric acid groups is 1. The predicted molar refractivity (Wildman–Crippen MR) is 198 cm³/mol. The van der Waals surface area contributed by atoms with Crippen molar-refractivity contribution in [2.24, 2.45) is 5.73 Å². The fourth-order valence-corrected chi connectivity index (χ4v) is 5.51. The minimum atomic E-state index is -4.34. The van der Waals surface area contributed by atoms with E-state index in [-0.39, 0.29) is 25.7 Å². The quantitative estimate of drug-likeness (QED) is 0.0308. The molecule has 0 aromatic rings. The summed E-state index contributed by atoms with van der Waals surface area (Å²) in [7, 11) is -4.34. The standard InChI is InChI=1S/C38H69N2O6P/c1-3-5-7-9-11-12-13-14-15-16-17-18-19-20-21-22-23-24-26-28-30-32-38(42)40-36(35-46-47(43,44)45-34-33-39)37(41)31-29-27-25-10-8-6-4-2/h8,10,13-14,16-17,19-20,29,31,36-37,41H,3-7,9,11-12,15,18,21-28,30,32-35,39H2,1-2H3,(H,40,42)(H,43,44)/b10-8+,14-13-,17-16-,20-19-,31-29+. The maximum Gasteiger partial charge on any atom is 0.472 e. The second-order valence-corrected chi connectivity index (χ2v) is 13.5. The van der Waals surface area contributed by atoms with E-state index < -0.39 is 20.0 Å². The number of aliphatic hydroxyl groups excluding tert-OH is 1. The van der Waals surface area contributed by atoms with Gasteiger partial charge in [0.1, 0.15) is 0 Å². The van der Waals surface area contributed by atoms with Crippen LogP contribution in [0.25, 0.3) is 0 Å². The number of nitrogens with one attached hydrogen (secondary N) is 1. The molecular formula is C38H69N2O6P. The summed E-state index contributed by atoms with van der Waals surface area (Å²) >= 11 is 0. The number of phosphoric ester groups is 1. The largest absolute Gasteiger partial charge is 0.472 e. The van der Waals surface area contributed by atoms with Crippen LogP contribution in [-0.2, 0) is 18.4 Å². The van der Waals surface area contributed by atoms with Crippen molar-refractivity contribution in [1.29, 1.82) is 0 Å². The van der Waals surface area contributed by atoms with Crippen LogP contribution in [0.15, 0.2) is 60.8 Å². The maximum absolute atomic E-state index is 12.6. The molecule has 3 unspecified atom stereocenters. The Hall–Kier alpha value is -1.80. The first-order valence-corrected chi connectivity index (χ1v) is 19.9. The number of hydrogen-bond donors (Lipinski definition) is 4. The molecule has 0 radical (unpaired) electrons. The Balaban J connectivity index is 4.19. The number of rotatable bonds is 33. The number of carbonyl (C=O) groups is 1. The zero-order chi connectivity index (χ0) is 34.7. The molecule has 0 aromatic heterocycles. The van der Waals surface area contributed by atoms with Gasteiger partial charge in [-0.1, -0.05) is 132 Å². The maximum atomic E-state index is 12.6. The second-order valence-electron chi connectivity index (χ2n) is 12.1. The third-order valence-corrected chi connectivity index (χ3v) is 8.53. The van der Waals surface area contributed by atoms with Gasteiger partial charge >= 0.3 is 7.82 Å². The summed E-state index contributed by atoms with van der Waals surface area (Å²) < 4.78 is 21.9. The highest BCUT2D eigenvalue weighted by Crippen LogP contribution is 2.43. The SMILES string of the molecule is CCC/C=C/CC/C=C/C(O)C(COP(=O)(O)OCCN)NC(=O)CCCCCCCC/C=C\C/C=C\C/C=C\CCCCCCC. The van der Waals surface area contributed by atoms with Crippen molar-refractivity contribution in [3.05, 3.63) is 60.8 Å². The Morgan fingerprint density at radius 3 is 1.85 bits per heavy atom. The second kappa shape index (κ2) is 34.1. The lowest BCUT2D eigenvalue weighted by molar-refractivity contribution is -0.123. The van der Waals surface area contributed by atoms with Gasteiger partial charge in [0.2, 0.25) is 5.91 Å². The fourth-order valence-electron chi connectivity index (χ4n) is 4.75. The van der Waals surface area contributed by atoms with Crippen molar-refractivity contribution in [3.8, 4) is 0 Å². The molecule has 1 amide bonds. The summed E-state index contributed by atoms with van der Waals surface area (Å²) in [6.07, 6.45) is 41.5. The zero-order valence-electron chi connectivity index (χ0n) is 29.7. The minimum Gasteiger partial charge on any atom is -0.387 e. The summed E-state index contributed by atoms with van der Waals surface area (Å²) in [6, 6.07) is -0.883. The lowest BCUT2D eigenvalue weighted by Crippen LogP contribution is -2.45. The Bertz CT molecular complexity index is 918. The van der Waals surface area contributed by atoms with E-state index in [9.17, 15) is 19.4 Å². The molecule has 9 heteroatoms. The van der Waals surface area contributed by atoms with E-state index in [0.717, 1.165) is 70.6 Å². The van der Waals surface area contributed by atoms with E-state index in [1.54, 1.807) is 6.08 Å². The molecule has 0 spiro atoms. The number of nitrogens with two attached hydrogens (primary N) is 1. The molecule has 3 atom stereocenters. The zero-order valence-corrected chi connectivity index (χ0v) is 30.6. The highest BCUT2D eigenvalue weighted by Gasteiger charge is 2.26. The first kappa shape index (κ1) is 45.2. The van der Waals surface area contributed by atoms with Gasteiger partial charge in [-0.15, -0.1) is 0 Å². The minimum absolute atomic E-state index is 0.0683. The summed E-state index contributed by atoms with van der Waals surface area (Å²) in [4.78, 5) is 22.5. The molecule has 0 aliphatic heterocycles. The molecule has 8 nitrogen and oxygen atoms in total. The average Bonchev–Trinajstić information content (AvgIpc) is 3.05. The molecule has 0 aliphatic rings. The number of carbonyl (C=O) groups excluding carboxylic acids is 1. The molecular weight excluding hydrogens is 611 g/mol. The van der Waals surface area contributed by atoms with E-state index in [4.69, 9.17) is 14.8 Å². The Labute approximate surface area is 287 Å². The molecule has 0 fully saturated rings. The van der Waals surface area contributed by atoms with E-state index in [1.807, 2.05) is 6.08 Å². The molecule has 0 aliphatic carbocycles. The Morgan fingerprint density at radius 2 is 1.23 bits per heavy atom. The van der Waals surface area contributed by atoms with Crippen LogP contribution in [0.1, 0.15) is 142 Å². The molecule has 47 heavy (non-hydrogen) atoms. The molecule has 5 N–H and O–H groups in total. The first-order chi connectivity index (χ1) is 22.9. The highest BCUT2D eigenvalue weighted by molar-refractivity contribution is 7.47. The predicted octanol–water partition coefficient (Wildman–Crippen LogP) is 9.55. The van der Waals surface area contributed by atoms with E-state index in [0.29, 0.717) is 6.42 Å². The van der Waals surface area contributed by atoms with Crippen molar-refractivity contribution in [1.82, 2.24) is 5.32 Å². The number of aliphatic hydroxyl groups is 1. The lowest BCUT2D eigenvalue weighted by atomic mass is 10.1. The van der Waals surface area contributed by atoms with Crippen LogP contribution in [0.4, 0.5) is 0 Å². The molecule has 0 rings (SSSR count). The smallest absolute Gasteiger partial charge is 0.387 e. The van der Waals surface area contributed by atoms with Gasteiger partial charge in [-0.25, -0.2) is 4.57 Å². The normalized spacial score (nSPS) is 15.1. The van der Waals surface area contributed by atoms with E-state index in [1.165, 1.54) is 51.4 Å². The summed E-state index contributed by atoms with van der Waals surface area (Å²) in [5.41, 5.74) is 5.33. The van der Waals surface area contributed by atoms with Crippen LogP contribution in [0.2, 0.25) is 0 Å². The van der Waals surface area contributed by atoms with E-state index >= 15 is 0 Å². The summed E-state index contributed by atoms with van der Waals surface area (Å²) in [5, 5.41) is 13.4. The van der Waals surface area contributed by atoms with Gasteiger partial charge in [0.15, 0.2) is 0 Å². The van der Waals surface area contributed by atoms with Crippen LogP contribution in [-0.4, -0.2) is 47.8 Å². The molecule has 0 aromatic carbocycles. The molecule has 0 saturated carbocycles. The average molecular weight is 681 g/mol. The van der Waals surface area contributed by atoms with Crippen LogP contribution >= 0.6 is 7.82 Å². The first-order valence-electron chi connectivity index (χ1n) is 18.4. The van der Waals surface area contributed by atoms with Crippen molar-refractivity contribution in [2.75, 3.05) is 19.8 Å². The van der Waals surface area contributed by atoms with Crippen molar-refractivity contribution < 1.29 is 28.4 Å². The monoisotopic (exact) mass is 680 g/mol. The van der Waals surface area contributed by atoms with Crippen LogP contribution < -0.4 is 11.1 Å². The lowest BCUT2D eigenvalue weighted by Gasteiger charge is -2.23. The van der Waals surface area contributed by atoms with Crippen molar-refractivity contribution in [2.45, 2.75) is 154 Å². The van der Waals surface area contributed by atoms with Gasteiger partial charge in [-0.2, -0.15) is 0 Å². The van der Waals surface area contributed by atoms with E-state index in [2.05, 4.69) is 67.8 Å². The van der Waals surface area contributed by atoms with Gasteiger partial charge in [-0.3, -0.25) is 13.8 Å². The van der Waals surface area contributed by atoms with Gasteiger partial charge in [0.25, 0.3) is 0 Å². The van der Waals surface area contributed by atoms with Gasteiger partial charge < -0.3 is 21.1 Å². The summed E-state index contributed by atoms with van der Waals surface area (Å²) in [6.45, 7) is 3.95. The number of hydrogen-bond acceptors (Lipinski definition) is 6. The fraction of sp³-hybridized carbons (Fsp3) is 0.711. The molecule has 272 valence electrons. The van der Waals surface area contributed by atoms with Crippen LogP contribution in [0.5, 0.6) is 0 Å². The van der Waals surface area contributed by atoms with Gasteiger partial charge in [-0.05, 0) is 64.2 Å². The van der Waals surface area contributed by atoms with Crippen molar-refractivity contribution >= 4 is 13.7 Å². The third-order valence-electron chi connectivity index (χ3n) is 7.55. The Morgan fingerprint density at radius 1 is 0.702 bits per heavy atom. The Kier molecular flexibility index (Phi) is 32.8. The topological polar surface area (TPSA) is 131 Å². The van der Waals surface area contributed by atoms with Crippen LogP contribution in [0.3, 0.4) is 0 Å². The number of amides is 1. The summed E-state index contributed by atoms with van der Waals surface area (Å²) in [5.74, 6) is -0.225. The highest BCUT2D eigenvalue weighted by atomic mass is 31.2. The van der Waals surface area contributed by atoms with Crippen molar-refractivity contribution in [3.63, 3.8) is 0 Å². The number of allylic oxidation sites excluding steroid dienone is 9. The molecule has 0 bridgehead atoms. The third kappa shape index (κ3) is 32.5. The molecule has 0 heterocycles. The number of unbranched alkanes of at least 4 members (excludes halogenated alkanes) is 13. The van der Waals surface area contributed by atoms with Crippen LogP contribution in [0, 0.1) is 0 Å². The van der Waals surface area contributed by atoms with Gasteiger partial charge in [0.05, 0.1) is 25.4 Å². The molecule has 0 saturated heterocycles. The van der Waals surface area contributed by atoms with Gasteiger partial charge in [0, 0.05) is 13.0 Å².